The summed E-state index contributed by atoms with van der Waals surface area (Å²) in [5, 5.41) is 17.2. The first kappa shape index (κ1) is 17.1. The maximum absolute atomic E-state index is 13.5. The van der Waals surface area contributed by atoms with E-state index in [1.807, 2.05) is 34.0 Å². The highest BCUT2D eigenvalue weighted by molar-refractivity contribution is 5.84. The Bertz CT molecular complexity index is 728. The van der Waals surface area contributed by atoms with E-state index in [4.69, 9.17) is 0 Å². The molecule has 6 heteroatoms. The van der Waals surface area contributed by atoms with Crippen LogP contribution in [0.5, 0.6) is 5.75 Å². The molecule has 3 heterocycles. The Kier molecular flexibility index (Phi) is 4.68. The fourth-order valence-corrected chi connectivity index (χ4v) is 4.36. The van der Waals surface area contributed by atoms with Gasteiger partial charge in [0.1, 0.15) is 11.3 Å². The lowest BCUT2D eigenvalue weighted by Gasteiger charge is -2.42. The summed E-state index contributed by atoms with van der Waals surface area (Å²) in [4.78, 5) is 15.5. The van der Waals surface area contributed by atoms with Crippen LogP contribution in [0.15, 0.2) is 42.7 Å². The zero-order valence-corrected chi connectivity index (χ0v) is 15.0. The lowest BCUT2D eigenvalue weighted by Crippen LogP contribution is -2.56. The van der Waals surface area contributed by atoms with E-state index in [1.165, 1.54) is 5.56 Å². The molecule has 2 aliphatic heterocycles. The average molecular weight is 354 g/mol. The van der Waals surface area contributed by atoms with Gasteiger partial charge in [-0.2, -0.15) is 5.10 Å². The van der Waals surface area contributed by atoms with Crippen LogP contribution in [0.25, 0.3) is 0 Å². The van der Waals surface area contributed by atoms with E-state index in [2.05, 4.69) is 10.4 Å². The molecule has 1 aromatic heterocycles. The first-order chi connectivity index (χ1) is 12.7. The largest absolute Gasteiger partial charge is 0.508 e. The van der Waals surface area contributed by atoms with Gasteiger partial charge in [0, 0.05) is 25.5 Å². The van der Waals surface area contributed by atoms with Crippen molar-refractivity contribution in [2.75, 3.05) is 26.2 Å². The Morgan fingerprint density at radius 2 is 1.85 bits per heavy atom. The Labute approximate surface area is 153 Å². The van der Waals surface area contributed by atoms with Crippen molar-refractivity contribution in [2.45, 2.75) is 37.1 Å². The summed E-state index contributed by atoms with van der Waals surface area (Å²) < 4.78 is 1.88. The van der Waals surface area contributed by atoms with Gasteiger partial charge in [-0.15, -0.1) is 0 Å². The number of carbonyl (C=O) groups excluding carboxylic acids is 1. The standard InChI is InChI=1S/C20H26N4O2/c25-18-4-2-16(3-5-18)17-6-14-23(15-7-17)19(26)20(8-11-21-12-9-20)24-13-1-10-22-24/h1-5,10,13,17,21,25H,6-9,11-12,14-15H2. The fourth-order valence-electron chi connectivity index (χ4n) is 4.36. The first-order valence-corrected chi connectivity index (χ1v) is 9.48. The second-order valence-electron chi connectivity index (χ2n) is 7.39. The highest BCUT2D eigenvalue weighted by atomic mass is 16.3. The maximum Gasteiger partial charge on any atom is 0.250 e. The molecule has 0 aliphatic carbocycles. The van der Waals surface area contributed by atoms with E-state index in [0.717, 1.165) is 51.9 Å². The molecule has 0 bridgehead atoms. The van der Waals surface area contributed by atoms with Crippen molar-refractivity contribution < 1.29 is 9.90 Å². The minimum atomic E-state index is -0.542. The molecule has 0 radical (unpaired) electrons. The number of hydrogen-bond donors (Lipinski definition) is 2. The topological polar surface area (TPSA) is 70.4 Å². The molecule has 26 heavy (non-hydrogen) atoms. The number of nitrogens with zero attached hydrogens (tertiary/aromatic N) is 3. The normalized spacial score (nSPS) is 20.8. The predicted octanol–water partition coefficient (Wildman–Crippen LogP) is 2.07. The number of benzene rings is 1. The van der Waals surface area contributed by atoms with E-state index in [1.54, 1.807) is 18.3 Å². The smallest absolute Gasteiger partial charge is 0.250 e. The SMILES string of the molecule is O=C(N1CCC(c2ccc(O)cc2)CC1)C1(n2cccn2)CCNCC1. The van der Waals surface area contributed by atoms with E-state index in [0.29, 0.717) is 11.7 Å². The number of aromatic nitrogens is 2. The van der Waals surface area contributed by atoms with Gasteiger partial charge >= 0.3 is 0 Å². The molecule has 2 aromatic rings. The van der Waals surface area contributed by atoms with Gasteiger partial charge in [-0.05, 0) is 68.5 Å². The minimum Gasteiger partial charge on any atom is -0.508 e. The third-order valence-electron chi connectivity index (χ3n) is 5.92. The van der Waals surface area contributed by atoms with Crippen molar-refractivity contribution in [3.05, 3.63) is 48.3 Å². The number of rotatable bonds is 3. The van der Waals surface area contributed by atoms with Crippen LogP contribution in [0.1, 0.15) is 37.2 Å². The molecule has 1 amide bonds. The second kappa shape index (κ2) is 7.11. The van der Waals surface area contributed by atoms with Crippen molar-refractivity contribution in [1.82, 2.24) is 20.0 Å². The Morgan fingerprint density at radius 1 is 1.15 bits per heavy atom. The van der Waals surface area contributed by atoms with Crippen LogP contribution < -0.4 is 5.32 Å². The number of nitrogens with one attached hydrogen (secondary N) is 1. The van der Waals surface area contributed by atoms with Gasteiger partial charge in [0.2, 0.25) is 0 Å². The summed E-state index contributed by atoms with van der Waals surface area (Å²) in [5.41, 5.74) is 0.707. The van der Waals surface area contributed by atoms with Crippen LogP contribution in [0.3, 0.4) is 0 Å². The number of hydrogen-bond acceptors (Lipinski definition) is 4. The van der Waals surface area contributed by atoms with Gasteiger partial charge in [-0.3, -0.25) is 9.48 Å². The number of aromatic hydroxyl groups is 1. The van der Waals surface area contributed by atoms with E-state index in [-0.39, 0.29) is 5.91 Å². The molecule has 138 valence electrons. The summed E-state index contributed by atoms with van der Waals surface area (Å²) in [6.07, 6.45) is 7.17. The van der Waals surface area contributed by atoms with Crippen molar-refractivity contribution in [3.8, 4) is 5.75 Å². The quantitative estimate of drug-likeness (QED) is 0.885. The monoisotopic (exact) mass is 354 g/mol. The highest BCUT2D eigenvalue weighted by Crippen LogP contribution is 2.34. The van der Waals surface area contributed by atoms with Gasteiger partial charge in [0.25, 0.3) is 5.91 Å². The van der Waals surface area contributed by atoms with Crippen LogP contribution in [-0.4, -0.2) is 51.9 Å². The van der Waals surface area contributed by atoms with E-state index in [9.17, 15) is 9.90 Å². The Hall–Kier alpha value is -2.34. The molecule has 2 aliphatic rings. The van der Waals surface area contributed by atoms with Crippen LogP contribution in [0, 0.1) is 0 Å². The number of likely N-dealkylation sites (tertiary alicyclic amines) is 1. The molecule has 4 rings (SSSR count). The molecule has 0 saturated carbocycles. The summed E-state index contributed by atoms with van der Waals surface area (Å²) in [6, 6.07) is 9.38. The molecule has 6 nitrogen and oxygen atoms in total. The maximum atomic E-state index is 13.5. The number of piperidine rings is 2. The van der Waals surface area contributed by atoms with Crippen molar-refractivity contribution in [2.24, 2.45) is 0 Å². The summed E-state index contributed by atoms with van der Waals surface area (Å²) in [5.74, 6) is 0.966. The third-order valence-corrected chi connectivity index (χ3v) is 5.92. The van der Waals surface area contributed by atoms with Crippen LogP contribution in [0.4, 0.5) is 0 Å². The lowest BCUT2D eigenvalue weighted by atomic mass is 9.84. The molecule has 2 saturated heterocycles. The van der Waals surface area contributed by atoms with Gasteiger partial charge in [0.05, 0.1) is 0 Å². The molecule has 0 atom stereocenters. The van der Waals surface area contributed by atoms with Gasteiger partial charge in [0.15, 0.2) is 0 Å². The zero-order valence-electron chi connectivity index (χ0n) is 15.0. The number of phenolic OH excluding ortho intramolecular Hbond substituents is 1. The predicted molar refractivity (Wildman–Crippen MR) is 99.0 cm³/mol. The number of carbonyl (C=O) groups is 1. The third kappa shape index (κ3) is 3.09. The first-order valence-electron chi connectivity index (χ1n) is 9.48. The molecular weight excluding hydrogens is 328 g/mol. The summed E-state index contributed by atoms with van der Waals surface area (Å²) in [7, 11) is 0. The molecule has 2 N–H and O–H groups in total. The van der Waals surface area contributed by atoms with Gasteiger partial charge < -0.3 is 15.3 Å². The van der Waals surface area contributed by atoms with Gasteiger partial charge in [-0.25, -0.2) is 0 Å². The van der Waals surface area contributed by atoms with Crippen LogP contribution >= 0.6 is 0 Å². The van der Waals surface area contributed by atoms with Crippen molar-refractivity contribution in [3.63, 3.8) is 0 Å². The van der Waals surface area contributed by atoms with Crippen molar-refractivity contribution in [1.29, 1.82) is 0 Å². The molecule has 0 spiro atoms. The Morgan fingerprint density at radius 3 is 2.46 bits per heavy atom. The second-order valence-corrected chi connectivity index (χ2v) is 7.39. The van der Waals surface area contributed by atoms with Crippen molar-refractivity contribution >= 4 is 5.91 Å². The Balaban J connectivity index is 1.47. The molecule has 0 unspecified atom stereocenters. The van der Waals surface area contributed by atoms with E-state index >= 15 is 0 Å². The summed E-state index contributed by atoms with van der Waals surface area (Å²) >= 11 is 0. The summed E-state index contributed by atoms with van der Waals surface area (Å²) in [6.45, 7) is 3.24. The van der Waals surface area contributed by atoms with Crippen LogP contribution in [0.2, 0.25) is 0 Å². The number of amides is 1. The van der Waals surface area contributed by atoms with E-state index < -0.39 is 5.54 Å². The lowest BCUT2D eigenvalue weighted by molar-refractivity contribution is -0.144. The number of phenols is 1. The van der Waals surface area contributed by atoms with Gasteiger partial charge in [-0.1, -0.05) is 12.1 Å². The van der Waals surface area contributed by atoms with Crippen LogP contribution in [-0.2, 0) is 10.3 Å². The molecule has 2 fully saturated rings. The fraction of sp³-hybridized carbons (Fsp3) is 0.500. The highest BCUT2D eigenvalue weighted by Gasteiger charge is 2.45. The average Bonchev–Trinajstić information content (AvgIpc) is 3.24. The zero-order chi connectivity index (χ0) is 18.0. The minimum absolute atomic E-state index is 0.215. The molecule has 1 aromatic carbocycles. The molecular formula is C20H26N4O2.